The molecule has 0 saturated carbocycles. The van der Waals surface area contributed by atoms with Crippen LogP contribution in [-0.2, 0) is 11.9 Å². The Balaban J connectivity index is 1.66. The zero-order chi connectivity index (χ0) is 19.2. The van der Waals surface area contributed by atoms with E-state index >= 15 is 0 Å². The Labute approximate surface area is 154 Å². The van der Waals surface area contributed by atoms with Crippen LogP contribution in [0.5, 0.6) is 0 Å². The third kappa shape index (κ3) is 3.27. The van der Waals surface area contributed by atoms with Gasteiger partial charge in [-0.1, -0.05) is 17.8 Å². The zero-order valence-corrected chi connectivity index (χ0v) is 14.8. The molecule has 0 fully saturated rings. The number of alkyl halides is 3. The van der Waals surface area contributed by atoms with E-state index in [0.717, 1.165) is 29.7 Å². The molecule has 4 aromatic heterocycles. The van der Waals surface area contributed by atoms with E-state index in [9.17, 15) is 18.0 Å². The lowest BCUT2D eigenvalue weighted by atomic mass is 10.3. The van der Waals surface area contributed by atoms with Crippen LogP contribution in [0.3, 0.4) is 0 Å². The highest BCUT2D eigenvalue weighted by Crippen LogP contribution is 2.30. The molecule has 0 N–H and O–H groups in total. The number of nitrogens with zero attached hydrogens (tertiary/aromatic N) is 5. The lowest BCUT2D eigenvalue weighted by Crippen LogP contribution is -2.17. The number of rotatable bonds is 3. The van der Waals surface area contributed by atoms with E-state index in [1.807, 2.05) is 13.0 Å². The largest absolute Gasteiger partial charge is 0.417 e. The van der Waals surface area contributed by atoms with E-state index in [0.29, 0.717) is 22.1 Å². The van der Waals surface area contributed by atoms with Gasteiger partial charge < -0.3 is 0 Å². The molecule has 10 heteroatoms. The van der Waals surface area contributed by atoms with Gasteiger partial charge in [-0.25, -0.2) is 4.98 Å². The fraction of sp³-hybridized carbons (Fsp3) is 0.176. The van der Waals surface area contributed by atoms with Crippen molar-refractivity contribution in [3.05, 3.63) is 69.9 Å². The van der Waals surface area contributed by atoms with Gasteiger partial charge in [0.25, 0.3) is 5.56 Å². The third-order valence-electron chi connectivity index (χ3n) is 3.98. The van der Waals surface area contributed by atoms with Gasteiger partial charge in [0.1, 0.15) is 5.65 Å². The highest BCUT2D eigenvalue weighted by Gasteiger charge is 2.31. The first kappa shape index (κ1) is 17.5. The first-order valence-corrected chi connectivity index (χ1v) is 8.84. The van der Waals surface area contributed by atoms with Crippen molar-refractivity contribution in [1.29, 1.82) is 0 Å². The second kappa shape index (κ2) is 6.38. The van der Waals surface area contributed by atoms with Crippen LogP contribution in [0.1, 0.15) is 17.0 Å². The van der Waals surface area contributed by atoms with Crippen LogP contribution in [0.25, 0.3) is 11.3 Å². The molecule has 6 nitrogen and oxygen atoms in total. The first-order chi connectivity index (χ1) is 12.8. The maximum absolute atomic E-state index is 12.9. The number of hydrogen-bond donors (Lipinski definition) is 0. The van der Waals surface area contributed by atoms with Crippen LogP contribution in [0.2, 0.25) is 0 Å². The Morgan fingerprint density at radius 2 is 1.93 bits per heavy atom. The molecule has 0 bridgehead atoms. The number of fused-ring (bicyclic) bond motifs is 2. The Hall–Kier alpha value is -2.88. The van der Waals surface area contributed by atoms with Crippen molar-refractivity contribution >= 4 is 23.1 Å². The molecule has 0 aliphatic rings. The smallest absolute Gasteiger partial charge is 0.277 e. The molecule has 138 valence electrons. The summed E-state index contributed by atoms with van der Waals surface area (Å²) in [7, 11) is 0. The maximum Gasteiger partial charge on any atom is 0.417 e. The van der Waals surface area contributed by atoms with Crippen molar-refractivity contribution in [3.8, 4) is 0 Å². The minimum atomic E-state index is -4.45. The van der Waals surface area contributed by atoms with E-state index in [1.165, 1.54) is 20.9 Å². The number of aryl methyl sites for hydroxylation is 1. The topological polar surface area (TPSA) is 64.6 Å². The van der Waals surface area contributed by atoms with Gasteiger partial charge in [-0.2, -0.15) is 13.2 Å². The van der Waals surface area contributed by atoms with Crippen molar-refractivity contribution < 1.29 is 13.2 Å². The summed E-state index contributed by atoms with van der Waals surface area (Å²) in [5, 5.41) is 8.10. The van der Waals surface area contributed by atoms with Crippen LogP contribution in [0, 0.1) is 6.92 Å². The van der Waals surface area contributed by atoms with Crippen molar-refractivity contribution in [1.82, 2.24) is 24.0 Å². The first-order valence-electron chi connectivity index (χ1n) is 7.86. The molecular formula is C17H12F3N5OS. The van der Waals surface area contributed by atoms with Gasteiger partial charge in [0.2, 0.25) is 0 Å². The summed E-state index contributed by atoms with van der Waals surface area (Å²) < 4.78 is 41.5. The Morgan fingerprint density at radius 1 is 1.11 bits per heavy atom. The van der Waals surface area contributed by atoms with Crippen LogP contribution in [0.4, 0.5) is 13.2 Å². The molecule has 4 aromatic rings. The predicted octanol–water partition coefficient (Wildman–Crippen LogP) is 3.36. The molecule has 4 heterocycles. The Morgan fingerprint density at radius 3 is 2.70 bits per heavy atom. The molecule has 0 aliphatic carbocycles. The molecule has 0 amide bonds. The third-order valence-corrected chi connectivity index (χ3v) is 4.96. The van der Waals surface area contributed by atoms with Gasteiger partial charge in [0.05, 0.1) is 11.3 Å². The van der Waals surface area contributed by atoms with Gasteiger partial charge in [0, 0.05) is 23.7 Å². The minimum Gasteiger partial charge on any atom is -0.277 e. The molecule has 4 rings (SSSR count). The molecule has 0 aliphatic heterocycles. The number of thioether (sulfide) groups is 1. The normalized spacial score (nSPS) is 12.1. The Bertz CT molecular complexity index is 1210. The molecule has 27 heavy (non-hydrogen) atoms. The summed E-state index contributed by atoms with van der Waals surface area (Å²) >= 11 is 1.16. The summed E-state index contributed by atoms with van der Waals surface area (Å²) in [5.41, 5.74) is 1.12. The molecule has 0 unspecified atom stereocenters. The molecule has 0 radical (unpaired) electrons. The number of pyridine rings is 2. The lowest BCUT2D eigenvalue weighted by Gasteiger charge is -2.08. The molecule has 0 aromatic carbocycles. The summed E-state index contributed by atoms with van der Waals surface area (Å²) in [5.74, 6) is 0.275. The molecule has 0 saturated heterocycles. The van der Waals surface area contributed by atoms with Crippen molar-refractivity contribution in [3.63, 3.8) is 0 Å². The number of halogens is 3. The SMILES string of the molecule is Cc1cccc2nc(CSc3nnc4ccc(C(F)(F)F)cn34)cc(=O)n12. The van der Waals surface area contributed by atoms with E-state index in [-0.39, 0.29) is 11.3 Å². The van der Waals surface area contributed by atoms with E-state index in [4.69, 9.17) is 0 Å². The maximum atomic E-state index is 12.9. The van der Waals surface area contributed by atoms with Crippen LogP contribution < -0.4 is 5.56 Å². The summed E-state index contributed by atoms with van der Waals surface area (Å²) in [6.07, 6.45) is -3.49. The number of aromatic nitrogens is 5. The van der Waals surface area contributed by atoms with Crippen LogP contribution in [0.15, 0.2) is 52.5 Å². The molecule has 0 atom stereocenters. The predicted molar refractivity (Wildman–Crippen MR) is 93.7 cm³/mol. The summed E-state index contributed by atoms with van der Waals surface area (Å²) in [6, 6.07) is 8.99. The minimum absolute atomic E-state index is 0.209. The second-order valence-corrected chi connectivity index (χ2v) is 6.80. The zero-order valence-electron chi connectivity index (χ0n) is 13.9. The molecular weight excluding hydrogens is 379 g/mol. The monoisotopic (exact) mass is 391 g/mol. The van der Waals surface area contributed by atoms with Crippen molar-refractivity contribution in [2.75, 3.05) is 0 Å². The average molecular weight is 391 g/mol. The summed E-state index contributed by atoms with van der Waals surface area (Å²) in [6.45, 7) is 1.81. The van der Waals surface area contributed by atoms with Crippen molar-refractivity contribution in [2.24, 2.45) is 0 Å². The lowest BCUT2D eigenvalue weighted by molar-refractivity contribution is -0.137. The number of hydrogen-bond acceptors (Lipinski definition) is 5. The van der Waals surface area contributed by atoms with E-state index < -0.39 is 11.7 Å². The summed E-state index contributed by atoms with van der Waals surface area (Å²) in [4.78, 5) is 16.7. The van der Waals surface area contributed by atoms with Gasteiger partial charge in [-0.15, -0.1) is 10.2 Å². The van der Waals surface area contributed by atoms with Gasteiger partial charge in [-0.3, -0.25) is 13.6 Å². The highest BCUT2D eigenvalue weighted by atomic mass is 32.2. The fourth-order valence-corrected chi connectivity index (χ4v) is 3.52. The van der Waals surface area contributed by atoms with E-state index in [2.05, 4.69) is 15.2 Å². The fourth-order valence-electron chi connectivity index (χ4n) is 2.71. The quantitative estimate of drug-likeness (QED) is 0.501. The van der Waals surface area contributed by atoms with Crippen molar-refractivity contribution in [2.45, 2.75) is 24.0 Å². The second-order valence-electron chi connectivity index (χ2n) is 5.86. The molecule has 0 spiro atoms. The van der Waals surface area contributed by atoms with Gasteiger partial charge >= 0.3 is 6.18 Å². The highest BCUT2D eigenvalue weighted by molar-refractivity contribution is 7.98. The van der Waals surface area contributed by atoms with E-state index in [1.54, 1.807) is 12.1 Å². The average Bonchev–Trinajstić information content (AvgIpc) is 3.01. The Kier molecular flexibility index (Phi) is 4.14. The van der Waals surface area contributed by atoms with Crippen LogP contribution in [-0.4, -0.2) is 24.0 Å². The van der Waals surface area contributed by atoms with Gasteiger partial charge in [-0.05, 0) is 31.2 Å². The standard InChI is InChI=1S/C17H12F3N5OS/c1-10-3-2-4-13-21-12(7-15(26)25(10)13)9-27-16-23-22-14-6-5-11(8-24(14)16)17(18,19)20/h2-8H,9H2,1H3. The van der Waals surface area contributed by atoms with Crippen LogP contribution >= 0.6 is 11.8 Å². The van der Waals surface area contributed by atoms with Gasteiger partial charge in [0.15, 0.2) is 10.8 Å².